The zero-order valence-corrected chi connectivity index (χ0v) is 17.8. The normalized spacial score (nSPS) is 11.6. The molecule has 4 aromatic rings. The number of aromatic nitrogens is 3. The van der Waals surface area contributed by atoms with Crippen molar-refractivity contribution in [2.75, 3.05) is 5.73 Å². The molecule has 0 unspecified atom stereocenters. The number of hydrogen-bond acceptors (Lipinski definition) is 5. The third-order valence-electron chi connectivity index (χ3n) is 5.07. The standard InChI is InChI=1S/C23H17ClF3N5O/c24-16-9-14(8-15(11-28)18(16)29)20-19(12-4-2-1-3-5-12)31-21-17(30-20)10-13(22(33)32-21)6-7-23(25,26)27/h1-5,8-11,28H,6-7,29H2,(H,31,32,33). The van der Waals surface area contributed by atoms with E-state index < -0.39 is 24.6 Å². The molecular weight excluding hydrogens is 455 g/mol. The maximum atomic E-state index is 12.7. The molecule has 0 saturated heterocycles. The number of halogens is 4. The number of fused-ring (bicyclic) bond motifs is 1. The van der Waals surface area contributed by atoms with Crippen LogP contribution in [-0.2, 0) is 6.42 Å². The predicted octanol–water partition coefficient (Wildman–Crippen LogP) is 5.38. The van der Waals surface area contributed by atoms with Gasteiger partial charge in [-0.15, -0.1) is 0 Å². The molecule has 0 fully saturated rings. The molecule has 2 heterocycles. The lowest BCUT2D eigenvalue weighted by molar-refractivity contribution is -0.134. The number of nitrogens with two attached hydrogens (primary N) is 1. The van der Waals surface area contributed by atoms with Crippen LogP contribution in [0.25, 0.3) is 33.7 Å². The predicted molar refractivity (Wildman–Crippen MR) is 123 cm³/mol. The summed E-state index contributed by atoms with van der Waals surface area (Å²) in [4.78, 5) is 24.1. The third kappa shape index (κ3) is 4.73. The van der Waals surface area contributed by atoms with Crippen molar-refractivity contribution in [2.24, 2.45) is 0 Å². The van der Waals surface area contributed by atoms with Gasteiger partial charge in [-0.3, -0.25) is 4.79 Å². The number of aryl methyl sites for hydroxylation is 1. The number of alkyl halides is 3. The number of rotatable bonds is 5. The van der Waals surface area contributed by atoms with Gasteiger partial charge in [-0.1, -0.05) is 41.9 Å². The molecule has 0 radical (unpaired) electrons. The largest absolute Gasteiger partial charge is 0.397 e. The van der Waals surface area contributed by atoms with Crippen LogP contribution >= 0.6 is 11.6 Å². The van der Waals surface area contributed by atoms with Crippen LogP contribution in [0.2, 0.25) is 5.02 Å². The van der Waals surface area contributed by atoms with Gasteiger partial charge in [0.05, 0.1) is 22.1 Å². The number of nitrogens with zero attached hydrogens (tertiary/aromatic N) is 2. The Morgan fingerprint density at radius 3 is 2.42 bits per heavy atom. The molecule has 0 amide bonds. The Kier molecular flexibility index (Phi) is 5.90. The van der Waals surface area contributed by atoms with Crippen LogP contribution in [0, 0.1) is 5.41 Å². The highest BCUT2D eigenvalue weighted by Gasteiger charge is 2.27. The highest BCUT2D eigenvalue weighted by Crippen LogP contribution is 2.35. The van der Waals surface area contributed by atoms with E-state index in [0.29, 0.717) is 28.1 Å². The van der Waals surface area contributed by atoms with E-state index in [1.165, 1.54) is 6.07 Å². The molecule has 4 N–H and O–H groups in total. The summed E-state index contributed by atoms with van der Waals surface area (Å²) in [7, 11) is 0. The van der Waals surface area contributed by atoms with Gasteiger partial charge in [0.2, 0.25) is 0 Å². The Bertz CT molecular complexity index is 1420. The average molecular weight is 472 g/mol. The van der Waals surface area contributed by atoms with Gasteiger partial charge < -0.3 is 16.1 Å². The summed E-state index contributed by atoms with van der Waals surface area (Å²) in [5.41, 5.74) is 8.28. The SMILES string of the molecule is N=Cc1cc(-c2nc3cc(CCC(F)(F)F)c(=O)[nH]c3nc2-c2ccccc2)cc(Cl)c1N. The lowest BCUT2D eigenvalue weighted by atomic mass is 10.0. The molecular formula is C23H17ClF3N5O. The summed E-state index contributed by atoms with van der Waals surface area (Å²) in [6.07, 6.45) is -4.93. The van der Waals surface area contributed by atoms with Crippen molar-refractivity contribution in [2.45, 2.75) is 19.0 Å². The van der Waals surface area contributed by atoms with Gasteiger partial charge >= 0.3 is 6.18 Å². The van der Waals surface area contributed by atoms with E-state index in [4.69, 9.17) is 22.7 Å². The number of aromatic amines is 1. The third-order valence-corrected chi connectivity index (χ3v) is 5.39. The smallest absolute Gasteiger partial charge is 0.389 e. The van der Waals surface area contributed by atoms with E-state index in [9.17, 15) is 18.0 Å². The molecule has 0 aliphatic heterocycles. The van der Waals surface area contributed by atoms with Crippen LogP contribution in [0.15, 0.2) is 53.3 Å². The second-order valence-corrected chi connectivity index (χ2v) is 7.77. The van der Waals surface area contributed by atoms with E-state index in [2.05, 4.69) is 15.0 Å². The fourth-order valence-electron chi connectivity index (χ4n) is 3.42. The Balaban J connectivity index is 1.96. The second-order valence-electron chi connectivity index (χ2n) is 7.36. The Morgan fingerprint density at radius 1 is 1.06 bits per heavy atom. The number of nitrogen functional groups attached to an aromatic ring is 1. The van der Waals surface area contributed by atoms with Crippen molar-refractivity contribution < 1.29 is 13.2 Å². The molecule has 2 aromatic heterocycles. The first-order valence-electron chi connectivity index (χ1n) is 9.82. The zero-order chi connectivity index (χ0) is 23.8. The second kappa shape index (κ2) is 8.67. The molecule has 0 saturated carbocycles. The quantitative estimate of drug-likeness (QED) is 0.268. The zero-order valence-electron chi connectivity index (χ0n) is 17.0. The number of nitrogens with one attached hydrogen (secondary N) is 2. The van der Waals surface area contributed by atoms with Crippen LogP contribution in [0.5, 0.6) is 0 Å². The molecule has 0 aliphatic carbocycles. The Morgan fingerprint density at radius 2 is 1.76 bits per heavy atom. The minimum atomic E-state index is -4.39. The number of pyridine rings is 1. The van der Waals surface area contributed by atoms with Gasteiger partial charge in [0.15, 0.2) is 5.65 Å². The fourth-order valence-corrected chi connectivity index (χ4v) is 3.64. The monoisotopic (exact) mass is 471 g/mol. The summed E-state index contributed by atoms with van der Waals surface area (Å²) in [6, 6.07) is 13.6. The molecule has 4 rings (SSSR count). The summed E-state index contributed by atoms with van der Waals surface area (Å²) in [5.74, 6) is 0. The molecule has 10 heteroatoms. The molecule has 0 atom stereocenters. The first-order chi connectivity index (χ1) is 15.7. The van der Waals surface area contributed by atoms with E-state index in [1.807, 2.05) is 30.3 Å². The molecule has 33 heavy (non-hydrogen) atoms. The van der Waals surface area contributed by atoms with E-state index in [-0.39, 0.29) is 27.4 Å². The van der Waals surface area contributed by atoms with Crippen molar-refractivity contribution in [3.05, 3.63) is 75.0 Å². The first kappa shape index (κ1) is 22.5. The molecule has 6 nitrogen and oxygen atoms in total. The molecule has 0 bridgehead atoms. The summed E-state index contributed by atoms with van der Waals surface area (Å²) in [6.45, 7) is 0. The van der Waals surface area contributed by atoms with Crippen LogP contribution in [0.4, 0.5) is 18.9 Å². The molecule has 2 aromatic carbocycles. The summed E-state index contributed by atoms with van der Waals surface area (Å²) < 4.78 is 38.0. The van der Waals surface area contributed by atoms with Crippen molar-refractivity contribution in [3.63, 3.8) is 0 Å². The van der Waals surface area contributed by atoms with Crippen molar-refractivity contribution >= 4 is 34.7 Å². The highest BCUT2D eigenvalue weighted by atomic mass is 35.5. The van der Waals surface area contributed by atoms with Crippen molar-refractivity contribution in [3.8, 4) is 22.5 Å². The number of H-pyrrole nitrogens is 1. The average Bonchev–Trinajstić information content (AvgIpc) is 2.78. The van der Waals surface area contributed by atoms with Crippen LogP contribution in [0.3, 0.4) is 0 Å². The van der Waals surface area contributed by atoms with Crippen molar-refractivity contribution in [1.82, 2.24) is 15.0 Å². The van der Waals surface area contributed by atoms with Gasteiger partial charge in [0.1, 0.15) is 5.52 Å². The first-order valence-corrected chi connectivity index (χ1v) is 10.2. The molecule has 0 aliphatic rings. The van der Waals surface area contributed by atoms with E-state index in [0.717, 1.165) is 6.21 Å². The lowest BCUT2D eigenvalue weighted by Crippen LogP contribution is -2.17. The van der Waals surface area contributed by atoms with Gasteiger partial charge in [-0.25, -0.2) is 9.97 Å². The maximum absolute atomic E-state index is 12.7. The van der Waals surface area contributed by atoms with Gasteiger partial charge in [-0.05, 0) is 24.6 Å². The molecule has 168 valence electrons. The lowest BCUT2D eigenvalue weighted by Gasteiger charge is -2.13. The summed E-state index contributed by atoms with van der Waals surface area (Å²) in [5, 5.41) is 7.83. The van der Waals surface area contributed by atoms with Crippen LogP contribution in [0.1, 0.15) is 17.5 Å². The van der Waals surface area contributed by atoms with Gasteiger partial charge in [-0.2, -0.15) is 13.2 Å². The highest BCUT2D eigenvalue weighted by molar-refractivity contribution is 6.34. The topological polar surface area (TPSA) is 109 Å². The minimum absolute atomic E-state index is 0.0388. The number of benzene rings is 2. The molecule has 0 spiro atoms. The van der Waals surface area contributed by atoms with Crippen LogP contribution < -0.4 is 11.3 Å². The maximum Gasteiger partial charge on any atom is 0.389 e. The van der Waals surface area contributed by atoms with E-state index in [1.54, 1.807) is 12.1 Å². The van der Waals surface area contributed by atoms with Gasteiger partial charge in [0.25, 0.3) is 5.56 Å². The number of anilines is 1. The van der Waals surface area contributed by atoms with Gasteiger partial charge in [0, 0.05) is 34.9 Å². The number of hydrogen-bond donors (Lipinski definition) is 3. The Hall–Kier alpha value is -3.72. The Labute approximate surface area is 190 Å². The minimum Gasteiger partial charge on any atom is -0.397 e. The summed E-state index contributed by atoms with van der Waals surface area (Å²) >= 11 is 6.26. The van der Waals surface area contributed by atoms with Crippen LogP contribution in [-0.4, -0.2) is 27.3 Å². The van der Waals surface area contributed by atoms with E-state index >= 15 is 0 Å². The fraction of sp³-hybridized carbons (Fsp3) is 0.130. The van der Waals surface area contributed by atoms with Crippen molar-refractivity contribution in [1.29, 1.82) is 5.41 Å².